The Morgan fingerprint density at radius 2 is 2.07 bits per heavy atom. The van der Waals surface area contributed by atoms with Gasteiger partial charge >= 0.3 is 0 Å². The van der Waals surface area contributed by atoms with Gasteiger partial charge in [-0.3, -0.25) is 9.59 Å². The summed E-state index contributed by atoms with van der Waals surface area (Å²) in [7, 11) is 0. The van der Waals surface area contributed by atoms with Crippen LogP contribution < -0.4 is 10.1 Å². The number of ether oxygens (including phenoxy) is 1. The minimum atomic E-state index is -0.548. The molecule has 1 heterocycles. The van der Waals surface area contributed by atoms with Crippen molar-refractivity contribution in [3.63, 3.8) is 0 Å². The van der Waals surface area contributed by atoms with Gasteiger partial charge in [0.15, 0.2) is 0 Å². The molecule has 144 valence electrons. The van der Waals surface area contributed by atoms with Crippen LogP contribution in [0.1, 0.15) is 29.3 Å². The summed E-state index contributed by atoms with van der Waals surface area (Å²) in [4.78, 5) is 27.3. The molecule has 1 unspecified atom stereocenters. The van der Waals surface area contributed by atoms with Crippen molar-refractivity contribution in [2.24, 2.45) is 0 Å². The van der Waals surface area contributed by atoms with Crippen molar-refractivity contribution in [3.8, 4) is 11.8 Å². The van der Waals surface area contributed by atoms with Gasteiger partial charge in [0.05, 0.1) is 24.1 Å². The van der Waals surface area contributed by atoms with Crippen LogP contribution in [0.25, 0.3) is 0 Å². The summed E-state index contributed by atoms with van der Waals surface area (Å²) in [6.45, 7) is 2.61. The van der Waals surface area contributed by atoms with E-state index in [1.807, 2.05) is 19.1 Å². The van der Waals surface area contributed by atoms with Crippen molar-refractivity contribution in [2.45, 2.75) is 19.4 Å². The first-order valence-corrected chi connectivity index (χ1v) is 10.2. The number of rotatable bonds is 6. The van der Waals surface area contributed by atoms with Crippen LogP contribution >= 0.6 is 11.8 Å². The molecule has 2 amide bonds. The molecule has 2 aromatic rings. The lowest BCUT2D eigenvalue weighted by Gasteiger charge is -2.23. The Hall–Kier alpha value is -2.98. The average molecular weight is 395 g/mol. The Kier molecular flexibility index (Phi) is 6.56. The van der Waals surface area contributed by atoms with E-state index in [4.69, 9.17) is 10.00 Å². The molecule has 6 nitrogen and oxygen atoms in total. The Balaban J connectivity index is 1.70. The predicted octanol–water partition coefficient (Wildman–Crippen LogP) is 3.50. The van der Waals surface area contributed by atoms with Gasteiger partial charge in [0, 0.05) is 17.0 Å². The highest BCUT2D eigenvalue weighted by Crippen LogP contribution is 2.25. The van der Waals surface area contributed by atoms with Crippen LogP contribution in [0, 0.1) is 11.3 Å². The van der Waals surface area contributed by atoms with Gasteiger partial charge in [0.25, 0.3) is 5.91 Å². The number of nitrogens with one attached hydrogen (secondary N) is 1. The molecule has 28 heavy (non-hydrogen) atoms. The second-order valence-corrected chi connectivity index (χ2v) is 7.35. The summed E-state index contributed by atoms with van der Waals surface area (Å²) >= 11 is 1.55. The number of nitrogens with zero attached hydrogens (tertiary/aromatic N) is 2. The smallest absolute Gasteiger partial charge is 0.255 e. The number of hydrogen-bond donors (Lipinski definition) is 1. The van der Waals surface area contributed by atoms with Crippen molar-refractivity contribution in [1.29, 1.82) is 5.26 Å². The van der Waals surface area contributed by atoms with Crippen LogP contribution in [0.5, 0.6) is 5.75 Å². The molecule has 1 saturated heterocycles. The maximum atomic E-state index is 13.0. The van der Waals surface area contributed by atoms with Crippen molar-refractivity contribution < 1.29 is 14.3 Å². The normalized spacial score (nSPS) is 15.7. The van der Waals surface area contributed by atoms with E-state index < -0.39 is 6.04 Å². The summed E-state index contributed by atoms with van der Waals surface area (Å²) in [6, 6.07) is 15.2. The van der Waals surface area contributed by atoms with E-state index in [1.165, 1.54) is 0 Å². The number of amides is 2. The third-order valence-corrected chi connectivity index (χ3v) is 5.29. The zero-order valence-electron chi connectivity index (χ0n) is 15.6. The van der Waals surface area contributed by atoms with Crippen LogP contribution in [-0.4, -0.2) is 41.0 Å². The fraction of sp³-hybridized carbons (Fsp3) is 0.286. The maximum Gasteiger partial charge on any atom is 0.255 e. The maximum absolute atomic E-state index is 13.0. The summed E-state index contributed by atoms with van der Waals surface area (Å²) < 4.78 is 5.60. The Bertz CT molecular complexity index is 893. The number of anilines is 1. The third kappa shape index (κ3) is 4.65. The van der Waals surface area contributed by atoms with E-state index in [1.54, 1.807) is 59.1 Å². The lowest BCUT2D eigenvalue weighted by Crippen LogP contribution is -2.44. The fourth-order valence-corrected chi connectivity index (χ4v) is 3.97. The van der Waals surface area contributed by atoms with Gasteiger partial charge in [-0.25, -0.2) is 0 Å². The average Bonchev–Trinajstić information content (AvgIpc) is 3.22. The second kappa shape index (κ2) is 9.29. The number of nitriles is 1. The molecule has 0 aliphatic carbocycles. The Morgan fingerprint density at radius 3 is 2.79 bits per heavy atom. The predicted molar refractivity (Wildman–Crippen MR) is 109 cm³/mol. The molecule has 1 aliphatic rings. The molecule has 0 radical (unpaired) electrons. The van der Waals surface area contributed by atoms with Gasteiger partial charge in [-0.1, -0.05) is 13.0 Å². The van der Waals surface area contributed by atoms with E-state index in [9.17, 15) is 9.59 Å². The number of thioether (sulfide) groups is 1. The summed E-state index contributed by atoms with van der Waals surface area (Å²) in [6.07, 6.45) is 0.887. The second-order valence-electron chi connectivity index (χ2n) is 6.35. The number of carbonyl (C=O) groups is 2. The molecule has 0 bridgehead atoms. The fourth-order valence-electron chi connectivity index (χ4n) is 2.82. The van der Waals surface area contributed by atoms with E-state index in [0.717, 1.165) is 6.42 Å². The highest BCUT2D eigenvalue weighted by molar-refractivity contribution is 7.99. The number of carbonyl (C=O) groups excluding carboxylic acids is 2. The first kappa shape index (κ1) is 19.8. The van der Waals surface area contributed by atoms with Gasteiger partial charge in [0.2, 0.25) is 5.91 Å². The van der Waals surface area contributed by atoms with Crippen molar-refractivity contribution in [2.75, 3.05) is 23.6 Å². The zero-order valence-corrected chi connectivity index (χ0v) is 16.4. The largest absolute Gasteiger partial charge is 0.494 e. The van der Waals surface area contributed by atoms with Crippen LogP contribution in [-0.2, 0) is 4.79 Å². The molecule has 1 fully saturated rings. The van der Waals surface area contributed by atoms with E-state index >= 15 is 0 Å². The topological polar surface area (TPSA) is 82.4 Å². The summed E-state index contributed by atoms with van der Waals surface area (Å²) in [5.74, 6) is 1.23. The van der Waals surface area contributed by atoms with Crippen molar-refractivity contribution >= 4 is 29.3 Å². The minimum Gasteiger partial charge on any atom is -0.494 e. The number of benzene rings is 2. The lowest BCUT2D eigenvalue weighted by atomic mass is 10.1. The highest BCUT2D eigenvalue weighted by atomic mass is 32.2. The van der Waals surface area contributed by atoms with Crippen LogP contribution in [0.15, 0.2) is 48.5 Å². The third-order valence-electron chi connectivity index (χ3n) is 4.28. The standard InChI is InChI=1S/C21H21N3O3S/c1-2-10-27-18-5-3-4-16(11-18)21(26)24-14-28-13-19(24)20(25)23-17-8-6-15(12-22)7-9-17/h3-9,11,19H,2,10,13-14H2,1H3,(H,23,25). The quantitative estimate of drug-likeness (QED) is 0.809. The Morgan fingerprint density at radius 1 is 1.29 bits per heavy atom. The van der Waals surface area contributed by atoms with Crippen LogP contribution in [0.2, 0.25) is 0 Å². The molecule has 2 aromatic carbocycles. The van der Waals surface area contributed by atoms with Gasteiger partial charge in [-0.2, -0.15) is 5.26 Å². The highest BCUT2D eigenvalue weighted by Gasteiger charge is 2.35. The first-order chi connectivity index (χ1) is 13.6. The van der Waals surface area contributed by atoms with Crippen molar-refractivity contribution in [1.82, 2.24) is 4.90 Å². The van der Waals surface area contributed by atoms with Crippen molar-refractivity contribution in [3.05, 3.63) is 59.7 Å². The molecule has 0 aromatic heterocycles. The molecule has 1 N–H and O–H groups in total. The van der Waals surface area contributed by atoms with E-state index in [-0.39, 0.29) is 11.8 Å². The van der Waals surface area contributed by atoms with E-state index in [0.29, 0.717) is 40.8 Å². The molecule has 1 aliphatic heterocycles. The molecule has 0 spiro atoms. The monoisotopic (exact) mass is 395 g/mol. The summed E-state index contributed by atoms with van der Waals surface area (Å²) in [5, 5.41) is 11.7. The van der Waals surface area contributed by atoms with Crippen LogP contribution in [0.3, 0.4) is 0 Å². The zero-order chi connectivity index (χ0) is 19.9. The molecule has 3 rings (SSSR count). The van der Waals surface area contributed by atoms with Crippen LogP contribution in [0.4, 0.5) is 5.69 Å². The summed E-state index contributed by atoms with van der Waals surface area (Å²) in [5.41, 5.74) is 1.63. The van der Waals surface area contributed by atoms with Gasteiger partial charge in [-0.05, 0) is 48.9 Å². The first-order valence-electron chi connectivity index (χ1n) is 9.05. The van der Waals surface area contributed by atoms with Gasteiger partial charge < -0.3 is 15.0 Å². The molecular weight excluding hydrogens is 374 g/mol. The number of hydrogen-bond acceptors (Lipinski definition) is 5. The Labute approximate surface area is 168 Å². The minimum absolute atomic E-state index is 0.188. The van der Waals surface area contributed by atoms with Gasteiger partial charge in [-0.15, -0.1) is 11.8 Å². The lowest BCUT2D eigenvalue weighted by molar-refractivity contribution is -0.119. The molecule has 7 heteroatoms. The molecule has 1 atom stereocenters. The SMILES string of the molecule is CCCOc1cccc(C(=O)N2CSCC2C(=O)Nc2ccc(C#N)cc2)c1. The van der Waals surface area contributed by atoms with Gasteiger partial charge in [0.1, 0.15) is 11.8 Å². The molecular formula is C21H21N3O3S. The van der Waals surface area contributed by atoms with E-state index in [2.05, 4.69) is 5.32 Å². The molecule has 0 saturated carbocycles.